The normalized spacial score (nSPS) is 24.2. The van der Waals surface area contributed by atoms with Gasteiger partial charge in [0.1, 0.15) is 6.61 Å². The Morgan fingerprint density at radius 2 is 2.06 bits per heavy atom. The van der Waals surface area contributed by atoms with Gasteiger partial charge in [0, 0.05) is 6.54 Å². The first-order valence-corrected chi connectivity index (χ1v) is 6.91. The highest BCUT2D eigenvalue weighted by molar-refractivity contribution is 5.77. The standard InChI is InChI=1S/C14H27NO3/c1-5-6-14(7-8-15-11-14)12(16)17-9-10-18-13(2,3)4/h15H,5-11H2,1-4H3. The molecule has 1 aliphatic heterocycles. The van der Waals surface area contributed by atoms with E-state index < -0.39 is 0 Å². The van der Waals surface area contributed by atoms with Crippen molar-refractivity contribution in [2.75, 3.05) is 26.3 Å². The van der Waals surface area contributed by atoms with Gasteiger partial charge in [0.05, 0.1) is 17.6 Å². The molecule has 4 nitrogen and oxygen atoms in total. The topological polar surface area (TPSA) is 47.6 Å². The molecule has 106 valence electrons. The van der Waals surface area contributed by atoms with E-state index in [9.17, 15) is 4.79 Å². The Morgan fingerprint density at radius 3 is 2.56 bits per heavy atom. The molecule has 0 saturated carbocycles. The predicted molar refractivity (Wildman–Crippen MR) is 71.5 cm³/mol. The Balaban J connectivity index is 2.34. The third-order valence-corrected chi connectivity index (χ3v) is 3.26. The first kappa shape index (κ1) is 15.4. The van der Waals surface area contributed by atoms with E-state index in [0.717, 1.165) is 32.4 Å². The number of hydrogen-bond donors (Lipinski definition) is 1. The van der Waals surface area contributed by atoms with Crippen molar-refractivity contribution in [3.05, 3.63) is 0 Å². The number of carbonyl (C=O) groups is 1. The fraction of sp³-hybridized carbons (Fsp3) is 0.929. The minimum absolute atomic E-state index is 0.0631. The van der Waals surface area contributed by atoms with Gasteiger partial charge in [-0.05, 0) is 40.2 Å². The van der Waals surface area contributed by atoms with Gasteiger partial charge in [-0.25, -0.2) is 0 Å². The molecule has 0 radical (unpaired) electrons. The van der Waals surface area contributed by atoms with Crippen LogP contribution in [0.2, 0.25) is 0 Å². The fourth-order valence-electron chi connectivity index (χ4n) is 2.35. The van der Waals surface area contributed by atoms with Crippen molar-refractivity contribution in [3.8, 4) is 0 Å². The van der Waals surface area contributed by atoms with Gasteiger partial charge in [0.15, 0.2) is 0 Å². The summed E-state index contributed by atoms with van der Waals surface area (Å²) >= 11 is 0. The summed E-state index contributed by atoms with van der Waals surface area (Å²) in [5.74, 6) is -0.0631. The number of ether oxygens (including phenoxy) is 2. The molecule has 1 unspecified atom stereocenters. The molecule has 0 bridgehead atoms. The Kier molecular flexibility index (Phi) is 5.60. The molecule has 1 rings (SSSR count). The number of nitrogens with one attached hydrogen (secondary N) is 1. The Morgan fingerprint density at radius 1 is 1.33 bits per heavy atom. The molecule has 1 fully saturated rings. The molecule has 0 aromatic heterocycles. The van der Waals surface area contributed by atoms with Crippen LogP contribution in [-0.4, -0.2) is 37.9 Å². The van der Waals surface area contributed by atoms with Crippen LogP contribution in [0.1, 0.15) is 47.0 Å². The first-order valence-electron chi connectivity index (χ1n) is 6.91. The van der Waals surface area contributed by atoms with Crippen LogP contribution in [0.4, 0.5) is 0 Å². The lowest BCUT2D eigenvalue weighted by Crippen LogP contribution is -2.36. The zero-order valence-electron chi connectivity index (χ0n) is 12.2. The summed E-state index contributed by atoms with van der Waals surface area (Å²) < 4.78 is 10.9. The second kappa shape index (κ2) is 6.53. The molecular weight excluding hydrogens is 230 g/mol. The average Bonchev–Trinajstić information content (AvgIpc) is 2.73. The monoisotopic (exact) mass is 257 g/mol. The number of carbonyl (C=O) groups excluding carboxylic acids is 1. The summed E-state index contributed by atoms with van der Waals surface area (Å²) in [6, 6.07) is 0. The minimum atomic E-state index is -0.295. The average molecular weight is 257 g/mol. The van der Waals surface area contributed by atoms with Gasteiger partial charge >= 0.3 is 5.97 Å². The SMILES string of the molecule is CCCC1(C(=O)OCCOC(C)(C)C)CCNC1. The van der Waals surface area contributed by atoms with Crippen molar-refractivity contribution in [3.63, 3.8) is 0 Å². The molecule has 0 aromatic rings. The van der Waals surface area contributed by atoms with Crippen LogP contribution in [0.25, 0.3) is 0 Å². The van der Waals surface area contributed by atoms with Gasteiger partial charge in [-0.15, -0.1) is 0 Å². The highest BCUT2D eigenvalue weighted by Crippen LogP contribution is 2.32. The highest BCUT2D eigenvalue weighted by atomic mass is 16.6. The zero-order chi connectivity index (χ0) is 13.6. The van der Waals surface area contributed by atoms with E-state index in [2.05, 4.69) is 12.2 Å². The third kappa shape index (κ3) is 4.58. The predicted octanol–water partition coefficient (Wildman–Crippen LogP) is 2.12. The lowest BCUT2D eigenvalue weighted by Gasteiger charge is -2.26. The maximum absolute atomic E-state index is 12.2. The Bertz CT molecular complexity index is 265. The fourth-order valence-corrected chi connectivity index (χ4v) is 2.35. The van der Waals surface area contributed by atoms with E-state index in [0.29, 0.717) is 13.2 Å². The molecule has 1 aliphatic rings. The highest BCUT2D eigenvalue weighted by Gasteiger charge is 2.41. The van der Waals surface area contributed by atoms with Crippen LogP contribution >= 0.6 is 0 Å². The zero-order valence-corrected chi connectivity index (χ0v) is 12.2. The molecular formula is C14H27NO3. The van der Waals surface area contributed by atoms with Crippen LogP contribution in [0, 0.1) is 5.41 Å². The maximum atomic E-state index is 12.2. The third-order valence-electron chi connectivity index (χ3n) is 3.26. The van der Waals surface area contributed by atoms with Crippen molar-refractivity contribution in [2.24, 2.45) is 5.41 Å². The van der Waals surface area contributed by atoms with Crippen LogP contribution in [0.15, 0.2) is 0 Å². The van der Waals surface area contributed by atoms with Gasteiger partial charge in [0.2, 0.25) is 0 Å². The number of rotatable bonds is 6. The quantitative estimate of drug-likeness (QED) is 0.585. The molecule has 1 saturated heterocycles. The Hall–Kier alpha value is -0.610. The second-order valence-corrected chi connectivity index (χ2v) is 6.05. The van der Waals surface area contributed by atoms with E-state index in [1.165, 1.54) is 0 Å². The number of hydrogen-bond acceptors (Lipinski definition) is 4. The van der Waals surface area contributed by atoms with Crippen LogP contribution in [0.3, 0.4) is 0 Å². The van der Waals surface area contributed by atoms with Crippen molar-refractivity contribution in [1.82, 2.24) is 5.32 Å². The van der Waals surface area contributed by atoms with Gasteiger partial charge < -0.3 is 14.8 Å². The molecule has 1 N–H and O–H groups in total. The van der Waals surface area contributed by atoms with E-state index in [1.807, 2.05) is 20.8 Å². The molecule has 18 heavy (non-hydrogen) atoms. The van der Waals surface area contributed by atoms with E-state index >= 15 is 0 Å². The van der Waals surface area contributed by atoms with Crippen molar-refractivity contribution < 1.29 is 14.3 Å². The summed E-state index contributed by atoms with van der Waals surface area (Å²) in [7, 11) is 0. The second-order valence-electron chi connectivity index (χ2n) is 6.05. The van der Waals surface area contributed by atoms with E-state index in [-0.39, 0.29) is 17.0 Å². The largest absolute Gasteiger partial charge is 0.463 e. The summed E-state index contributed by atoms with van der Waals surface area (Å²) in [6.45, 7) is 10.6. The van der Waals surface area contributed by atoms with Gasteiger partial charge in [0.25, 0.3) is 0 Å². The van der Waals surface area contributed by atoms with Gasteiger partial charge in [-0.2, -0.15) is 0 Å². The summed E-state index contributed by atoms with van der Waals surface area (Å²) in [6.07, 6.45) is 2.80. The van der Waals surface area contributed by atoms with E-state index in [1.54, 1.807) is 0 Å². The summed E-state index contributed by atoms with van der Waals surface area (Å²) in [4.78, 5) is 12.2. The smallest absolute Gasteiger partial charge is 0.313 e. The summed E-state index contributed by atoms with van der Waals surface area (Å²) in [5, 5.41) is 3.26. The molecule has 0 aliphatic carbocycles. The van der Waals surface area contributed by atoms with Gasteiger partial charge in [-0.3, -0.25) is 4.79 Å². The minimum Gasteiger partial charge on any atom is -0.463 e. The molecule has 0 amide bonds. The maximum Gasteiger partial charge on any atom is 0.313 e. The lowest BCUT2D eigenvalue weighted by molar-refractivity contribution is -0.158. The van der Waals surface area contributed by atoms with Crippen LogP contribution < -0.4 is 5.32 Å². The lowest BCUT2D eigenvalue weighted by atomic mass is 9.83. The first-order chi connectivity index (χ1) is 8.40. The molecule has 1 atom stereocenters. The Labute approximate surface area is 110 Å². The molecule has 0 spiro atoms. The van der Waals surface area contributed by atoms with Gasteiger partial charge in [-0.1, -0.05) is 13.3 Å². The molecule has 0 aromatic carbocycles. The van der Waals surface area contributed by atoms with Crippen molar-refractivity contribution in [2.45, 2.75) is 52.6 Å². The number of esters is 1. The summed E-state index contributed by atoms with van der Waals surface area (Å²) in [5.41, 5.74) is -0.473. The van der Waals surface area contributed by atoms with E-state index in [4.69, 9.17) is 9.47 Å². The van der Waals surface area contributed by atoms with Crippen LogP contribution in [0.5, 0.6) is 0 Å². The molecule has 1 heterocycles. The molecule has 4 heteroatoms. The van der Waals surface area contributed by atoms with Crippen molar-refractivity contribution in [1.29, 1.82) is 0 Å². The van der Waals surface area contributed by atoms with Crippen LogP contribution in [-0.2, 0) is 14.3 Å². The van der Waals surface area contributed by atoms with Crippen molar-refractivity contribution >= 4 is 5.97 Å².